The molecule has 0 bridgehead atoms. The number of pyridine rings is 1. The molecule has 0 radical (unpaired) electrons. The van der Waals surface area contributed by atoms with Gasteiger partial charge in [-0.2, -0.15) is 14.9 Å². The molecule has 0 unspecified atom stereocenters. The van der Waals surface area contributed by atoms with Gasteiger partial charge in [-0.1, -0.05) is 18.2 Å². The number of aromatic nitrogens is 5. The molecule has 0 amide bonds. The SMILES string of the molecule is Cc1c(CO)cccc1-c1cncc2c1c(-c1cnn(C)c1)nn2C(=O)OC(C)(C)C. The fourth-order valence-electron chi connectivity index (χ4n) is 3.60. The Balaban J connectivity index is 2.03. The molecule has 3 aromatic heterocycles. The Hall–Kier alpha value is -3.52. The van der Waals surface area contributed by atoms with Crippen LogP contribution in [-0.2, 0) is 18.4 Å². The monoisotopic (exact) mass is 419 g/mol. The first-order chi connectivity index (χ1) is 14.7. The lowest BCUT2D eigenvalue weighted by molar-refractivity contribution is 0.0523. The van der Waals surface area contributed by atoms with E-state index in [0.29, 0.717) is 11.2 Å². The highest BCUT2D eigenvalue weighted by atomic mass is 16.6. The van der Waals surface area contributed by atoms with Crippen molar-refractivity contribution in [3.63, 3.8) is 0 Å². The van der Waals surface area contributed by atoms with Gasteiger partial charge in [0.25, 0.3) is 0 Å². The van der Waals surface area contributed by atoms with Crippen molar-refractivity contribution < 1.29 is 14.6 Å². The van der Waals surface area contributed by atoms with Crippen LogP contribution in [0.3, 0.4) is 0 Å². The second-order valence-corrected chi connectivity index (χ2v) is 8.47. The number of aryl methyl sites for hydroxylation is 1. The minimum atomic E-state index is -0.666. The summed E-state index contributed by atoms with van der Waals surface area (Å²) in [5.74, 6) is 0. The topological polar surface area (TPSA) is 95.1 Å². The van der Waals surface area contributed by atoms with Gasteiger partial charge in [0, 0.05) is 36.0 Å². The zero-order chi connectivity index (χ0) is 22.3. The zero-order valence-corrected chi connectivity index (χ0v) is 18.2. The van der Waals surface area contributed by atoms with E-state index in [-0.39, 0.29) is 6.61 Å². The van der Waals surface area contributed by atoms with Crippen LogP contribution in [0.25, 0.3) is 33.3 Å². The van der Waals surface area contributed by atoms with Crippen molar-refractivity contribution in [2.24, 2.45) is 7.05 Å². The second-order valence-electron chi connectivity index (χ2n) is 8.47. The Labute approximate surface area is 180 Å². The maximum Gasteiger partial charge on any atom is 0.435 e. The van der Waals surface area contributed by atoms with Crippen LogP contribution in [-0.4, -0.2) is 41.3 Å². The first-order valence-electron chi connectivity index (χ1n) is 9.98. The summed E-state index contributed by atoms with van der Waals surface area (Å²) in [5.41, 5.74) is 4.77. The van der Waals surface area contributed by atoms with Crippen LogP contribution >= 0.6 is 0 Å². The number of rotatable bonds is 3. The molecular formula is C23H25N5O3. The third kappa shape index (κ3) is 3.82. The van der Waals surface area contributed by atoms with Gasteiger partial charge >= 0.3 is 6.09 Å². The maximum atomic E-state index is 12.9. The predicted octanol–water partition coefficient (Wildman–Crippen LogP) is 4.08. The Morgan fingerprint density at radius 1 is 1.16 bits per heavy atom. The molecule has 0 aliphatic rings. The summed E-state index contributed by atoms with van der Waals surface area (Å²) < 4.78 is 8.51. The van der Waals surface area contributed by atoms with E-state index >= 15 is 0 Å². The largest absolute Gasteiger partial charge is 0.442 e. The molecule has 1 N–H and O–H groups in total. The summed E-state index contributed by atoms with van der Waals surface area (Å²) in [6.45, 7) is 7.33. The molecule has 4 aromatic rings. The van der Waals surface area contributed by atoms with Crippen LogP contribution in [0.1, 0.15) is 31.9 Å². The molecule has 0 atom stereocenters. The van der Waals surface area contributed by atoms with Gasteiger partial charge in [-0.3, -0.25) is 9.67 Å². The quantitative estimate of drug-likeness (QED) is 0.538. The number of carbonyl (C=O) groups is 1. The number of carbonyl (C=O) groups excluding carboxylic acids is 1. The maximum absolute atomic E-state index is 12.9. The van der Waals surface area contributed by atoms with Crippen LogP contribution in [0.4, 0.5) is 4.79 Å². The van der Waals surface area contributed by atoms with Gasteiger partial charge in [0.2, 0.25) is 0 Å². The molecule has 3 heterocycles. The van der Waals surface area contributed by atoms with E-state index in [1.54, 1.807) is 23.3 Å². The number of aliphatic hydroxyl groups is 1. The fraction of sp³-hybridized carbons (Fsp3) is 0.304. The first-order valence-corrected chi connectivity index (χ1v) is 9.98. The number of fused-ring (bicyclic) bond motifs is 1. The Kier molecular flexibility index (Phi) is 5.10. The molecule has 0 aliphatic heterocycles. The first kappa shape index (κ1) is 20.7. The standard InChI is InChI=1S/C23H25N5O3/c1-14-15(13-29)7-6-8-17(14)18-10-24-11-19-20(18)21(16-9-25-27(5)12-16)26-28(19)22(30)31-23(2,3)4/h6-12,29H,13H2,1-5H3. The number of hydrogen-bond acceptors (Lipinski definition) is 6. The molecule has 4 rings (SSSR count). The van der Waals surface area contributed by atoms with Crippen molar-refractivity contribution in [1.82, 2.24) is 24.5 Å². The van der Waals surface area contributed by atoms with Gasteiger partial charge in [0.05, 0.1) is 19.0 Å². The van der Waals surface area contributed by atoms with Gasteiger partial charge in [-0.05, 0) is 44.4 Å². The van der Waals surface area contributed by atoms with Crippen molar-refractivity contribution in [3.05, 3.63) is 54.1 Å². The average molecular weight is 419 g/mol. The van der Waals surface area contributed by atoms with E-state index in [1.165, 1.54) is 4.68 Å². The van der Waals surface area contributed by atoms with Gasteiger partial charge in [0.1, 0.15) is 16.8 Å². The predicted molar refractivity (Wildman–Crippen MR) is 117 cm³/mol. The molecule has 0 saturated heterocycles. The minimum Gasteiger partial charge on any atom is -0.442 e. The lowest BCUT2D eigenvalue weighted by Gasteiger charge is -2.19. The Bertz CT molecular complexity index is 1280. The molecule has 160 valence electrons. The van der Waals surface area contributed by atoms with Crippen LogP contribution in [0.2, 0.25) is 0 Å². The number of benzene rings is 1. The zero-order valence-electron chi connectivity index (χ0n) is 18.2. The molecule has 8 heteroatoms. The highest BCUT2D eigenvalue weighted by Gasteiger charge is 2.25. The number of nitrogens with zero attached hydrogens (tertiary/aromatic N) is 5. The molecule has 0 saturated carbocycles. The van der Waals surface area contributed by atoms with Gasteiger partial charge in [-0.25, -0.2) is 4.79 Å². The molecule has 31 heavy (non-hydrogen) atoms. The third-order valence-electron chi connectivity index (χ3n) is 5.04. The number of hydrogen-bond donors (Lipinski definition) is 1. The van der Waals surface area contributed by atoms with E-state index in [0.717, 1.165) is 33.2 Å². The van der Waals surface area contributed by atoms with Crippen LogP contribution in [0, 0.1) is 6.92 Å². The van der Waals surface area contributed by atoms with Crippen molar-refractivity contribution in [2.75, 3.05) is 0 Å². The van der Waals surface area contributed by atoms with E-state index in [9.17, 15) is 9.90 Å². The van der Waals surface area contributed by atoms with E-state index in [1.807, 2.05) is 59.1 Å². The fourth-order valence-corrected chi connectivity index (χ4v) is 3.60. The molecule has 8 nitrogen and oxygen atoms in total. The molecular weight excluding hydrogens is 394 g/mol. The Morgan fingerprint density at radius 2 is 1.94 bits per heavy atom. The summed E-state index contributed by atoms with van der Waals surface area (Å²) >= 11 is 0. The summed E-state index contributed by atoms with van der Waals surface area (Å²) in [6, 6.07) is 5.76. The normalized spacial score (nSPS) is 11.8. The average Bonchev–Trinajstić information content (AvgIpc) is 3.30. The Morgan fingerprint density at radius 3 is 2.58 bits per heavy atom. The molecule has 0 aliphatic carbocycles. The van der Waals surface area contributed by atoms with Gasteiger partial charge in [0.15, 0.2) is 0 Å². The van der Waals surface area contributed by atoms with Gasteiger partial charge < -0.3 is 9.84 Å². The van der Waals surface area contributed by atoms with Crippen LogP contribution in [0.5, 0.6) is 0 Å². The molecule has 1 aromatic carbocycles. The lowest BCUT2D eigenvalue weighted by Crippen LogP contribution is -2.27. The summed E-state index contributed by atoms with van der Waals surface area (Å²) in [4.78, 5) is 17.3. The minimum absolute atomic E-state index is 0.0598. The number of aliphatic hydroxyl groups excluding tert-OH is 1. The molecule has 0 fully saturated rings. The van der Waals surface area contributed by atoms with Gasteiger partial charge in [-0.15, -0.1) is 0 Å². The smallest absolute Gasteiger partial charge is 0.435 e. The lowest BCUT2D eigenvalue weighted by atomic mass is 9.94. The van der Waals surface area contributed by atoms with E-state index < -0.39 is 11.7 Å². The molecule has 0 spiro atoms. The highest BCUT2D eigenvalue weighted by molar-refractivity contribution is 6.06. The van der Waals surface area contributed by atoms with Crippen molar-refractivity contribution in [1.29, 1.82) is 0 Å². The van der Waals surface area contributed by atoms with E-state index in [2.05, 4.69) is 15.2 Å². The second kappa shape index (κ2) is 7.63. The van der Waals surface area contributed by atoms with Crippen molar-refractivity contribution >= 4 is 17.0 Å². The van der Waals surface area contributed by atoms with Crippen molar-refractivity contribution in [3.8, 4) is 22.4 Å². The van der Waals surface area contributed by atoms with Crippen molar-refractivity contribution in [2.45, 2.75) is 39.9 Å². The van der Waals surface area contributed by atoms with E-state index in [4.69, 9.17) is 4.74 Å². The van der Waals surface area contributed by atoms with Crippen LogP contribution < -0.4 is 0 Å². The third-order valence-corrected chi connectivity index (χ3v) is 5.04. The summed E-state index contributed by atoms with van der Waals surface area (Å²) in [6.07, 6.45) is 6.35. The number of ether oxygens (including phenoxy) is 1. The summed E-state index contributed by atoms with van der Waals surface area (Å²) in [5, 5.41) is 19.4. The highest BCUT2D eigenvalue weighted by Crippen LogP contribution is 2.37. The van der Waals surface area contributed by atoms with Crippen LogP contribution in [0.15, 0.2) is 43.0 Å². The summed E-state index contributed by atoms with van der Waals surface area (Å²) in [7, 11) is 1.83.